The Kier molecular flexibility index (Phi) is 8.36. The number of nitrogens with one attached hydrogen (secondary N) is 2. The second kappa shape index (κ2) is 11.6. The maximum absolute atomic E-state index is 12.9. The molecular formula is C28H32N2O5S. The lowest BCUT2D eigenvalue weighted by molar-refractivity contribution is -0.129. The summed E-state index contributed by atoms with van der Waals surface area (Å²) in [5.41, 5.74) is 3.85. The number of rotatable bonds is 10. The first-order chi connectivity index (χ1) is 17.3. The quantitative estimate of drug-likeness (QED) is 0.403. The van der Waals surface area contributed by atoms with Crippen LogP contribution in [-0.2, 0) is 28.2 Å². The van der Waals surface area contributed by atoms with Crippen molar-refractivity contribution in [2.24, 2.45) is 0 Å². The van der Waals surface area contributed by atoms with E-state index >= 15 is 0 Å². The lowest BCUT2D eigenvalue weighted by Crippen LogP contribution is -2.51. The Labute approximate surface area is 215 Å². The van der Waals surface area contributed by atoms with Crippen molar-refractivity contribution >= 4 is 34.5 Å². The van der Waals surface area contributed by atoms with Crippen molar-refractivity contribution in [1.29, 1.82) is 0 Å². The zero-order chi connectivity index (χ0) is 25.7. The summed E-state index contributed by atoms with van der Waals surface area (Å²) in [6, 6.07) is 12.9. The summed E-state index contributed by atoms with van der Waals surface area (Å²) in [4.78, 5) is 38.0. The Morgan fingerprint density at radius 2 is 1.83 bits per heavy atom. The molecule has 190 valence electrons. The molecule has 0 spiro atoms. The van der Waals surface area contributed by atoms with Crippen LogP contribution in [0.15, 0.2) is 51.7 Å². The first-order valence-electron chi connectivity index (χ1n) is 12.2. The molecule has 2 amide bonds. The molecule has 8 heteroatoms. The summed E-state index contributed by atoms with van der Waals surface area (Å²) in [5.74, 6) is 1.08. The second-order valence-electron chi connectivity index (χ2n) is 9.41. The van der Waals surface area contributed by atoms with Crippen LogP contribution < -0.4 is 21.0 Å². The highest BCUT2D eigenvalue weighted by molar-refractivity contribution is 7.98. The lowest BCUT2D eigenvalue weighted by atomic mass is 10.0. The summed E-state index contributed by atoms with van der Waals surface area (Å²) in [6.07, 6.45) is 2.36. The normalized spacial score (nSPS) is 13.4. The molecule has 1 aliphatic carbocycles. The van der Waals surface area contributed by atoms with E-state index in [1.54, 1.807) is 11.8 Å². The first-order valence-corrected chi connectivity index (χ1v) is 13.4. The summed E-state index contributed by atoms with van der Waals surface area (Å²) in [6.45, 7) is 5.41. The molecule has 2 N–H and O–H groups in total. The van der Waals surface area contributed by atoms with E-state index in [2.05, 4.69) is 10.6 Å². The fourth-order valence-corrected chi connectivity index (χ4v) is 5.45. The number of ether oxygens (including phenoxy) is 1. The van der Waals surface area contributed by atoms with Crippen molar-refractivity contribution in [3.05, 3.63) is 75.1 Å². The van der Waals surface area contributed by atoms with Gasteiger partial charge in [-0.15, -0.1) is 0 Å². The van der Waals surface area contributed by atoms with Gasteiger partial charge >= 0.3 is 5.63 Å². The van der Waals surface area contributed by atoms with Gasteiger partial charge in [0.15, 0.2) is 6.61 Å². The molecule has 0 aliphatic heterocycles. The summed E-state index contributed by atoms with van der Waals surface area (Å²) < 4.78 is 11.5. The van der Waals surface area contributed by atoms with Gasteiger partial charge in [-0.2, -0.15) is 11.8 Å². The molecule has 3 aromatic rings. The molecule has 0 fully saturated rings. The van der Waals surface area contributed by atoms with Crippen LogP contribution in [0, 0.1) is 6.92 Å². The van der Waals surface area contributed by atoms with Gasteiger partial charge in [0, 0.05) is 23.1 Å². The third-order valence-electron chi connectivity index (χ3n) is 6.02. The van der Waals surface area contributed by atoms with E-state index in [0.29, 0.717) is 29.1 Å². The van der Waals surface area contributed by atoms with Crippen molar-refractivity contribution in [1.82, 2.24) is 10.6 Å². The summed E-state index contributed by atoms with van der Waals surface area (Å²) in [7, 11) is 0. The minimum atomic E-state index is -0.686. The van der Waals surface area contributed by atoms with Gasteiger partial charge in [-0.05, 0) is 68.9 Å². The molecule has 1 heterocycles. The highest BCUT2D eigenvalue weighted by Crippen LogP contribution is 2.35. The Balaban J connectivity index is 1.45. The fraction of sp³-hybridized carbons (Fsp3) is 0.393. The van der Waals surface area contributed by atoms with Gasteiger partial charge in [-0.25, -0.2) is 4.79 Å². The molecule has 0 radical (unpaired) electrons. The highest BCUT2D eigenvalue weighted by Gasteiger charge is 2.24. The number of thioether (sulfide) groups is 1. The number of hydrogen-bond donors (Lipinski definition) is 2. The van der Waals surface area contributed by atoms with E-state index in [9.17, 15) is 14.4 Å². The molecule has 1 aliphatic rings. The van der Waals surface area contributed by atoms with Crippen LogP contribution in [0.2, 0.25) is 0 Å². The van der Waals surface area contributed by atoms with Crippen molar-refractivity contribution in [3.8, 4) is 5.75 Å². The molecular weight excluding hydrogens is 476 g/mol. The van der Waals surface area contributed by atoms with E-state index in [1.807, 2.05) is 63.2 Å². The van der Waals surface area contributed by atoms with Crippen LogP contribution in [0.25, 0.3) is 11.0 Å². The van der Waals surface area contributed by atoms with Gasteiger partial charge in [-0.1, -0.05) is 30.3 Å². The molecule has 1 unspecified atom stereocenters. The second-order valence-corrected chi connectivity index (χ2v) is 10.4. The Hall–Kier alpha value is -3.26. The van der Waals surface area contributed by atoms with Crippen molar-refractivity contribution < 1.29 is 18.7 Å². The SMILES string of the molecule is Cc1cc(OCC(=O)NC(CSCc2ccccc2)C(=O)NC(C)C)c2c3c(c(=O)oc2c1)CCC3. The number of hydrogen-bond acceptors (Lipinski definition) is 6. The third kappa shape index (κ3) is 6.29. The standard InChI is InChI=1S/C28H32N2O5S/c1-17(2)29-27(32)22(16-36-15-19-8-5-4-6-9-19)30-25(31)14-34-23-12-18(3)13-24-26(23)20-10-7-11-21(20)28(33)35-24/h4-6,8-9,12-13,17,22H,7,10-11,14-16H2,1-3H3,(H,29,32)(H,30,31). The van der Waals surface area contributed by atoms with E-state index in [4.69, 9.17) is 9.15 Å². The molecule has 4 rings (SSSR count). The average molecular weight is 509 g/mol. The van der Waals surface area contributed by atoms with Gasteiger partial charge in [0.25, 0.3) is 5.91 Å². The smallest absolute Gasteiger partial charge is 0.339 e. The zero-order valence-corrected chi connectivity index (χ0v) is 21.7. The molecule has 1 aromatic heterocycles. The van der Waals surface area contributed by atoms with Gasteiger partial charge in [0.1, 0.15) is 17.4 Å². The average Bonchev–Trinajstić information content (AvgIpc) is 3.32. The van der Waals surface area contributed by atoms with E-state index in [1.165, 1.54) is 0 Å². The predicted molar refractivity (Wildman–Crippen MR) is 143 cm³/mol. The predicted octanol–water partition coefficient (Wildman–Crippen LogP) is 3.91. The van der Waals surface area contributed by atoms with Gasteiger partial charge in [0.2, 0.25) is 5.91 Å². The number of aryl methyl sites for hydroxylation is 2. The Bertz CT molecular complexity index is 1300. The van der Waals surface area contributed by atoms with Crippen molar-refractivity contribution in [2.45, 2.75) is 57.9 Å². The molecule has 0 bridgehead atoms. The molecule has 36 heavy (non-hydrogen) atoms. The lowest BCUT2D eigenvalue weighted by Gasteiger charge is -2.20. The van der Waals surface area contributed by atoms with Crippen LogP contribution in [-0.4, -0.2) is 36.3 Å². The van der Waals surface area contributed by atoms with Crippen LogP contribution in [0.4, 0.5) is 0 Å². The topological polar surface area (TPSA) is 97.6 Å². The van der Waals surface area contributed by atoms with Gasteiger partial charge in [-0.3, -0.25) is 9.59 Å². The van der Waals surface area contributed by atoms with Gasteiger partial charge < -0.3 is 19.8 Å². The number of carbonyl (C=O) groups excluding carboxylic acids is 2. The molecule has 0 saturated carbocycles. The van der Waals surface area contributed by atoms with E-state index in [0.717, 1.165) is 40.7 Å². The fourth-order valence-electron chi connectivity index (χ4n) is 4.44. The largest absolute Gasteiger partial charge is 0.483 e. The number of carbonyl (C=O) groups is 2. The molecule has 1 atom stereocenters. The molecule has 0 saturated heterocycles. The molecule has 7 nitrogen and oxygen atoms in total. The van der Waals surface area contributed by atoms with Crippen LogP contribution in [0.1, 0.15) is 42.5 Å². The monoisotopic (exact) mass is 508 g/mol. The van der Waals surface area contributed by atoms with Crippen LogP contribution >= 0.6 is 11.8 Å². The van der Waals surface area contributed by atoms with Crippen molar-refractivity contribution in [2.75, 3.05) is 12.4 Å². The number of amides is 2. The molecule has 2 aromatic carbocycles. The zero-order valence-electron chi connectivity index (χ0n) is 20.9. The number of fused-ring (bicyclic) bond motifs is 3. The van der Waals surface area contributed by atoms with Crippen LogP contribution in [0.3, 0.4) is 0 Å². The van der Waals surface area contributed by atoms with E-state index < -0.39 is 6.04 Å². The third-order valence-corrected chi connectivity index (χ3v) is 7.12. The Morgan fingerprint density at radius 3 is 2.58 bits per heavy atom. The van der Waals surface area contributed by atoms with Crippen LogP contribution in [0.5, 0.6) is 5.75 Å². The number of benzene rings is 2. The van der Waals surface area contributed by atoms with Crippen molar-refractivity contribution in [3.63, 3.8) is 0 Å². The minimum absolute atomic E-state index is 0.0392. The van der Waals surface area contributed by atoms with E-state index in [-0.39, 0.29) is 30.1 Å². The maximum Gasteiger partial charge on any atom is 0.339 e. The summed E-state index contributed by atoms with van der Waals surface area (Å²) in [5, 5.41) is 6.48. The Morgan fingerprint density at radius 1 is 1.08 bits per heavy atom. The van der Waals surface area contributed by atoms with Gasteiger partial charge in [0.05, 0.1) is 5.39 Å². The minimum Gasteiger partial charge on any atom is -0.483 e. The highest BCUT2D eigenvalue weighted by atomic mass is 32.2. The maximum atomic E-state index is 12.9. The summed E-state index contributed by atoms with van der Waals surface area (Å²) >= 11 is 1.59. The first kappa shape index (κ1) is 25.8.